The van der Waals surface area contributed by atoms with Crippen molar-refractivity contribution in [2.24, 2.45) is 0 Å². The van der Waals surface area contributed by atoms with Gasteiger partial charge < -0.3 is 55.4 Å². The number of carbonyl (C=O) groups excluding carboxylic acids is 2. The third kappa shape index (κ3) is 4.64. The molecule has 1 saturated carbocycles. The Kier molecular flexibility index (Phi) is 6.39. The molecular formula is C20H20O13. The molecule has 1 aliphatic rings. The van der Waals surface area contributed by atoms with Crippen molar-refractivity contribution in [2.75, 3.05) is 0 Å². The van der Waals surface area contributed by atoms with Crippen LogP contribution in [0.2, 0.25) is 0 Å². The van der Waals surface area contributed by atoms with Gasteiger partial charge in [0.25, 0.3) is 0 Å². The van der Waals surface area contributed by atoms with Crippen LogP contribution in [0.3, 0.4) is 0 Å². The molecule has 33 heavy (non-hydrogen) atoms. The van der Waals surface area contributed by atoms with Gasteiger partial charge in [-0.1, -0.05) is 0 Å². The van der Waals surface area contributed by atoms with E-state index in [-0.39, 0.29) is 0 Å². The highest BCUT2D eigenvalue weighted by atomic mass is 16.6. The average molecular weight is 468 g/mol. The number of carbonyl (C=O) groups is 2. The fourth-order valence-electron chi connectivity index (χ4n) is 3.26. The summed E-state index contributed by atoms with van der Waals surface area (Å²) in [6, 6.07) is 3.10. The Morgan fingerprint density at radius 2 is 1.06 bits per heavy atom. The summed E-state index contributed by atoms with van der Waals surface area (Å²) in [7, 11) is 0. The molecule has 0 aliphatic heterocycles. The lowest BCUT2D eigenvalue weighted by Gasteiger charge is -2.39. The zero-order valence-corrected chi connectivity index (χ0v) is 16.6. The second-order valence-corrected chi connectivity index (χ2v) is 7.32. The van der Waals surface area contributed by atoms with E-state index in [1.165, 1.54) is 0 Å². The number of aromatic hydroxyl groups is 6. The molecule has 0 aromatic heterocycles. The van der Waals surface area contributed by atoms with Crippen molar-refractivity contribution in [2.45, 2.75) is 36.9 Å². The first kappa shape index (κ1) is 23.7. The molecule has 3 rings (SSSR count). The lowest BCUT2D eigenvalue weighted by molar-refractivity contribution is -0.178. The van der Waals surface area contributed by atoms with Crippen LogP contribution < -0.4 is 0 Å². The van der Waals surface area contributed by atoms with Crippen molar-refractivity contribution >= 4 is 11.9 Å². The van der Waals surface area contributed by atoms with Gasteiger partial charge in [0.1, 0.15) is 18.3 Å². The van der Waals surface area contributed by atoms with E-state index in [1.54, 1.807) is 0 Å². The van der Waals surface area contributed by atoms with E-state index in [0.717, 1.165) is 24.3 Å². The topological polar surface area (TPSA) is 235 Å². The molecule has 0 spiro atoms. The Balaban J connectivity index is 1.71. The predicted octanol–water partition coefficient (Wildman–Crippen LogP) is -0.842. The zero-order chi connectivity index (χ0) is 24.6. The smallest absolute Gasteiger partial charge is 0.338 e. The molecule has 1 aliphatic carbocycles. The van der Waals surface area contributed by atoms with Gasteiger partial charge in [0.2, 0.25) is 0 Å². The van der Waals surface area contributed by atoms with Crippen LogP contribution in [0.5, 0.6) is 34.5 Å². The van der Waals surface area contributed by atoms with Crippen molar-refractivity contribution in [3.8, 4) is 34.5 Å². The largest absolute Gasteiger partial charge is 0.504 e. The van der Waals surface area contributed by atoms with Crippen LogP contribution in [0.1, 0.15) is 27.1 Å². The van der Waals surface area contributed by atoms with E-state index < -0.39 is 94.5 Å². The van der Waals surface area contributed by atoms with Crippen molar-refractivity contribution in [3.63, 3.8) is 0 Å². The third-order valence-corrected chi connectivity index (χ3v) is 5.03. The molecule has 0 amide bonds. The molecule has 13 nitrogen and oxygen atoms in total. The Hall–Kier alpha value is -3.94. The molecule has 2 aromatic carbocycles. The summed E-state index contributed by atoms with van der Waals surface area (Å²) in [6.07, 6.45) is -9.08. The summed E-state index contributed by atoms with van der Waals surface area (Å²) in [5, 5.41) is 87.5. The highest BCUT2D eigenvalue weighted by molar-refractivity contribution is 5.92. The number of esters is 2. The molecule has 2 aromatic rings. The lowest BCUT2D eigenvalue weighted by Crippen LogP contribution is -2.58. The number of aliphatic hydroxyl groups is 3. The molecule has 0 saturated heterocycles. The fraction of sp³-hybridized carbons (Fsp3) is 0.300. The van der Waals surface area contributed by atoms with Crippen LogP contribution in [0.25, 0.3) is 0 Å². The van der Waals surface area contributed by atoms with Crippen molar-refractivity contribution in [1.82, 2.24) is 0 Å². The zero-order valence-electron chi connectivity index (χ0n) is 16.6. The normalized spacial score (nSPS) is 24.8. The number of benzene rings is 2. The lowest BCUT2D eigenvalue weighted by atomic mass is 9.87. The van der Waals surface area contributed by atoms with Gasteiger partial charge in [-0.25, -0.2) is 9.59 Å². The monoisotopic (exact) mass is 468 g/mol. The molecule has 1 fully saturated rings. The van der Waals surface area contributed by atoms with Crippen molar-refractivity contribution in [3.05, 3.63) is 35.4 Å². The minimum atomic E-state index is -1.93. The number of ether oxygens (including phenoxy) is 2. The van der Waals surface area contributed by atoms with Gasteiger partial charge in [0, 0.05) is 6.42 Å². The summed E-state index contributed by atoms with van der Waals surface area (Å²) in [5.74, 6) is -7.42. The molecule has 0 radical (unpaired) electrons. The summed E-state index contributed by atoms with van der Waals surface area (Å²) >= 11 is 0. The maximum Gasteiger partial charge on any atom is 0.338 e. The molecule has 0 bridgehead atoms. The SMILES string of the molecule is O=C(O[C@H]1[C@H](O)[C@@H](O)[C@@H](OC(=O)c2cc(O)c(O)c(O)c2)C[C@@H]1O)c1cc(O)c(O)c(O)c1. The number of hydrogen-bond donors (Lipinski definition) is 9. The van der Waals surface area contributed by atoms with E-state index in [0.29, 0.717) is 0 Å². The van der Waals surface area contributed by atoms with Gasteiger partial charge in [-0.05, 0) is 24.3 Å². The first-order valence-electron chi connectivity index (χ1n) is 9.36. The second-order valence-electron chi connectivity index (χ2n) is 7.32. The quantitative estimate of drug-likeness (QED) is 0.197. The van der Waals surface area contributed by atoms with Gasteiger partial charge in [-0.15, -0.1) is 0 Å². The van der Waals surface area contributed by atoms with Crippen LogP contribution in [-0.4, -0.2) is 88.4 Å². The van der Waals surface area contributed by atoms with Crippen LogP contribution in [0.4, 0.5) is 0 Å². The number of phenols is 6. The molecule has 9 N–H and O–H groups in total. The van der Waals surface area contributed by atoms with Crippen LogP contribution in [-0.2, 0) is 9.47 Å². The highest BCUT2D eigenvalue weighted by Crippen LogP contribution is 2.37. The van der Waals surface area contributed by atoms with Gasteiger partial charge in [0.05, 0.1) is 17.2 Å². The second kappa shape index (κ2) is 8.90. The highest BCUT2D eigenvalue weighted by Gasteiger charge is 2.47. The van der Waals surface area contributed by atoms with Crippen LogP contribution >= 0.6 is 0 Å². The van der Waals surface area contributed by atoms with Gasteiger partial charge in [0.15, 0.2) is 40.6 Å². The van der Waals surface area contributed by atoms with Crippen LogP contribution in [0.15, 0.2) is 24.3 Å². The van der Waals surface area contributed by atoms with Gasteiger partial charge >= 0.3 is 11.9 Å². The summed E-state index contributed by atoms with van der Waals surface area (Å²) in [4.78, 5) is 24.5. The third-order valence-electron chi connectivity index (χ3n) is 5.03. The first-order valence-corrected chi connectivity index (χ1v) is 9.36. The molecule has 0 unspecified atom stereocenters. The fourth-order valence-corrected chi connectivity index (χ4v) is 3.26. The van der Waals surface area contributed by atoms with Gasteiger partial charge in [-0.2, -0.15) is 0 Å². The van der Waals surface area contributed by atoms with Gasteiger partial charge in [-0.3, -0.25) is 0 Å². The first-order chi connectivity index (χ1) is 15.4. The summed E-state index contributed by atoms with van der Waals surface area (Å²) < 4.78 is 9.98. The Morgan fingerprint density at radius 3 is 1.48 bits per heavy atom. The van der Waals surface area contributed by atoms with Crippen molar-refractivity contribution < 1.29 is 65.0 Å². The van der Waals surface area contributed by atoms with E-state index in [9.17, 15) is 55.5 Å². The van der Waals surface area contributed by atoms with E-state index in [1.807, 2.05) is 0 Å². The Bertz CT molecular complexity index is 1040. The maximum atomic E-state index is 12.3. The average Bonchev–Trinajstić information content (AvgIpc) is 2.75. The predicted molar refractivity (Wildman–Crippen MR) is 104 cm³/mol. The van der Waals surface area contributed by atoms with E-state index in [4.69, 9.17) is 9.47 Å². The maximum absolute atomic E-state index is 12.3. The summed E-state index contributed by atoms with van der Waals surface area (Å²) in [5.41, 5.74) is -0.836. The van der Waals surface area contributed by atoms with E-state index >= 15 is 0 Å². The van der Waals surface area contributed by atoms with Crippen LogP contribution in [0, 0.1) is 0 Å². The molecular weight excluding hydrogens is 448 g/mol. The number of hydrogen-bond acceptors (Lipinski definition) is 13. The number of phenolic OH excluding ortho intramolecular Hbond substituents is 6. The summed E-state index contributed by atoms with van der Waals surface area (Å²) in [6.45, 7) is 0. The Labute approximate surface area is 184 Å². The number of rotatable bonds is 4. The standard InChI is InChI=1S/C20H20O13/c21-8-1-6(2-9(22)14(8)26)19(30)32-13-5-12(25)18(17(29)16(13)28)33-20(31)7-3-10(23)15(27)11(24)4-7/h1-4,12-13,16-18,21-29H,5H2/t12-,13-,16-,17+,18+/m0/s1. The number of aliphatic hydroxyl groups excluding tert-OH is 3. The minimum absolute atomic E-state index is 0.403. The van der Waals surface area contributed by atoms with Crippen molar-refractivity contribution in [1.29, 1.82) is 0 Å². The van der Waals surface area contributed by atoms with E-state index in [2.05, 4.69) is 0 Å². The Morgan fingerprint density at radius 1 is 0.667 bits per heavy atom. The minimum Gasteiger partial charge on any atom is -0.504 e. The molecule has 0 heterocycles. The molecule has 178 valence electrons. The molecule has 13 heteroatoms. The molecule has 5 atom stereocenters.